The third-order valence-corrected chi connectivity index (χ3v) is 6.54. The lowest BCUT2D eigenvalue weighted by atomic mass is 10.1. The molecule has 0 radical (unpaired) electrons. The Balaban J connectivity index is 1.66. The summed E-state index contributed by atoms with van der Waals surface area (Å²) < 4.78 is 27.9. The SMILES string of the molecule is Cc1[nH]ncc1CCCNC(=O)c1ccc(Cl)c(S(=O)(=O)Nc2ccc(Cl)cc2)c1. The van der Waals surface area contributed by atoms with E-state index in [0.29, 0.717) is 17.3 Å². The fraction of sp³-hybridized carbons (Fsp3) is 0.200. The summed E-state index contributed by atoms with van der Waals surface area (Å²) in [6.45, 7) is 2.38. The largest absolute Gasteiger partial charge is 0.352 e. The number of benzene rings is 2. The summed E-state index contributed by atoms with van der Waals surface area (Å²) in [5.74, 6) is -0.376. The second kappa shape index (κ2) is 9.51. The summed E-state index contributed by atoms with van der Waals surface area (Å²) in [5.41, 5.74) is 2.63. The van der Waals surface area contributed by atoms with Crippen LogP contribution in [-0.4, -0.2) is 31.1 Å². The van der Waals surface area contributed by atoms with E-state index < -0.39 is 10.0 Å². The summed E-state index contributed by atoms with van der Waals surface area (Å²) >= 11 is 11.9. The molecule has 0 aliphatic rings. The standard InChI is InChI=1S/C20H20Cl2N4O3S/c1-13-15(12-24-25-13)3-2-10-23-20(27)14-4-9-18(22)19(11-14)30(28,29)26-17-7-5-16(21)6-8-17/h4-9,11-12,26H,2-3,10H2,1H3,(H,23,27)(H,24,25). The quantitative estimate of drug-likeness (QED) is 0.432. The van der Waals surface area contributed by atoms with Gasteiger partial charge in [-0.15, -0.1) is 0 Å². The molecule has 1 heterocycles. The highest BCUT2D eigenvalue weighted by Gasteiger charge is 2.20. The number of hydrogen-bond acceptors (Lipinski definition) is 4. The lowest BCUT2D eigenvalue weighted by Crippen LogP contribution is -2.25. The van der Waals surface area contributed by atoms with Gasteiger partial charge in [0.05, 0.1) is 11.2 Å². The van der Waals surface area contributed by atoms with Crippen molar-refractivity contribution in [3.63, 3.8) is 0 Å². The lowest BCUT2D eigenvalue weighted by molar-refractivity contribution is 0.0953. The van der Waals surface area contributed by atoms with Gasteiger partial charge in [-0.05, 0) is 67.8 Å². The molecule has 3 aromatic rings. The third kappa shape index (κ3) is 5.53. The van der Waals surface area contributed by atoms with Gasteiger partial charge in [0.2, 0.25) is 0 Å². The monoisotopic (exact) mass is 466 g/mol. The Kier molecular flexibility index (Phi) is 7.02. The van der Waals surface area contributed by atoms with E-state index in [9.17, 15) is 13.2 Å². The summed E-state index contributed by atoms with van der Waals surface area (Å²) in [4.78, 5) is 12.3. The normalized spacial score (nSPS) is 11.3. The predicted molar refractivity (Wildman–Crippen MR) is 118 cm³/mol. The van der Waals surface area contributed by atoms with Crippen molar-refractivity contribution in [3.8, 4) is 0 Å². The Hall–Kier alpha value is -2.55. The van der Waals surface area contributed by atoms with Gasteiger partial charge in [0.15, 0.2) is 0 Å². The summed E-state index contributed by atoms with van der Waals surface area (Å²) in [7, 11) is -3.99. The minimum atomic E-state index is -3.99. The van der Waals surface area contributed by atoms with Gasteiger partial charge >= 0.3 is 0 Å². The summed E-state index contributed by atoms with van der Waals surface area (Å²) in [6.07, 6.45) is 3.26. The number of amides is 1. The van der Waals surface area contributed by atoms with E-state index in [1.807, 2.05) is 6.92 Å². The molecule has 1 amide bonds. The van der Waals surface area contributed by atoms with Gasteiger partial charge in [0, 0.05) is 28.5 Å². The van der Waals surface area contributed by atoms with E-state index in [1.165, 1.54) is 30.3 Å². The zero-order valence-electron chi connectivity index (χ0n) is 16.1. The number of rotatable bonds is 8. The number of aromatic amines is 1. The minimum Gasteiger partial charge on any atom is -0.352 e. The van der Waals surface area contributed by atoms with Crippen molar-refractivity contribution >= 4 is 44.8 Å². The van der Waals surface area contributed by atoms with Crippen LogP contribution in [0, 0.1) is 6.92 Å². The van der Waals surface area contributed by atoms with Gasteiger partial charge in [0.25, 0.3) is 15.9 Å². The van der Waals surface area contributed by atoms with E-state index in [1.54, 1.807) is 18.3 Å². The van der Waals surface area contributed by atoms with Gasteiger partial charge in [-0.25, -0.2) is 8.42 Å². The van der Waals surface area contributed by atoms with Crippen LogP contribution < -0.4 is 10.0 Å². The number of aromatic nitrogens is 2. The molecule has 0 saturated heterocycles. The van der Waals surface area contributed by atoms with Crippen molar-refractivity contribution in [3.05, 3.63) is 75.5 Å². The number of H-pyrrole nitrogens is 1. The molecular weight excluding hydrogens is 447 g/mol. The fourth-order valence-electron chi connectivity index (χ4n) is 2.79. The zero-order chi connectivity index (χ0) is 21.7. The van der Waals surface area contributed by atoms with E-state index >= 15 is 0 Å². The first-order valence-electron chi connectivity index (χ1n) is 9.11. The number of nitrogens with one attached hydrogen (secondary N) is 3. The van der Waals surface area contributed by atoms with Crippen molar-refractivity contribution in [2.24, 2.45) is 0 Å². The van der Waals surface area contributed by atoms with E-state index in [-0.39, 0.29) is 21.4 Å². The van der Waals surface area contributed by atoms with Gasteiger partial charge in [-0.1, -0.05) is 23.2 Å². The Morgan fingerprint density at radius 2 is 1.87 bits per heavy atom. The Labute approximate surface area is 184 Å². The molecule has 30 heavy (non-hydrogen) atoms. The minimum absolute atomic E-state index is 0.0171. The zero-order valence-corrected chi connectivity index (χ0v) is 18.4. The molecule has 0 atom stereocenters. The Morgan fingerprint density at radius 3 is 2.53 bits per heavy atom. The Morgan fingerprint density at radius 1 is 1.13 bits per heavy atom. The van der Waals surface area contributed by atoms with E-state index in [0.717, 1.165) is 24.1 Å². The number of anilines is 1. The number of sulfonamides is 1. The van der Waals surface area contributed by atoms with Crippen LogP contribution in [0.5, 0.6) is 0 Å². The number of halogens is 2. The maximum absolute atomic E-state index is 12.7. The van der Waals surface area contributed by atoms with Crippen molar-refractivity contribution in [2.75, 3.05) is 11.3 Å². The van der Waals surface area contributed by atoms with E-state index in [2.05, 4.69) is 20.2 Å². The highest BCUT2D eigenvalue weighted by atomic mass is 35.5. The molecule has 3 N–H and O–H groups in total. The maximum Gasteiger partial charge on any atom is 0.263 e. The van der Waals surface area contributed by atoms with Gasteiger partial charge in [-0.2, -0.15) is 5.10 Å². The van der Waals surface area contributed by atoms with Crippen LogP contribution >= 0.6 is 23.2 Å². The first kappa shape index (κ1) is 22.1. The Bertz CT molecular complexity index is 1150. The highest BCUT2D eigenvalue weighted by Crippen LogP contribution is 2.25. The molecule has 0 bridgehead atoms. The smallest absolute Gasteiger partial charge is 0.263 e. The van der Waals surface area contributed by atoms with Crippen molar-refractivity contribution in [1.82, 2.24) is 15.5 Å². The molecule has 0 fully saturated rings. The van der Waals surface area contributed by atoms with Gasteiger partial charge < -0.3 is 5.32 Å². The fourth-order valence-corrected chi connectivity index (χ4v) is 4.50. The number of aryl methyl sites for hydroxylation is 2. The average Bonchev–Trinajstić information content (AvgIpc) is 3.11. The molecule has 3 rings (SSSR count). The molecular formula is C20H20Cl2N4O3S. The highest BCUT2D eigenvalue weighted by molar-refractivity contribution is 7.92. The van der Waals surface area contributed by atoms with Gasteiger partial charge in [-0.3, -0.25) is 14.6 Å². The van der Waals surface area contributed by atoms with Crippen molar-refractivity contribution in [2.45, 2.75) is 24.7 Å². The van der Waals surface area contributed by atoms with Crippen molar-refractivity contribution < 1.29 is 13.2 Å². The topological polar surface area (TPSA) is 104 Å². The second-order valence-corrected chi connectivity index (χ2v) is 9.13. The first-order valence-corrected chi connectivity index (χ1v) is 11.3. The molecule has 158 valence electrons. The van der Waals surface area contributed by atoms with Crippen LogP contribution in [0.1, 0.15) is 28.0 Å². The van der Waals surface area contributed by atoms with Crippen LogP contribution in [0.2, 0.25) is 10.0 Å². The van der Waals surface area contributed by atoms with Crippen molar-refractivity contribution in [1.29, 1.82) is 0 Å². The summed E-state index contributed by atoms with van der Waals surface area (Å²) in [6, 6.07) is 10.3. The second-order valence-electron chi connectivity index (χ2n) is 6.64. The van der Waals surface area contributed by atoms with Crippen LogP contribution in [0.15, 0.2) is 53.6 Å². The molecule has 10 heteroatoms. The lowest BCUT2D eigenvalue weighted by Gasteiger charge is -2.11. The molecule has 0 aliphatic heterocycles. The molecule has 1 aromatic heterocycles. The maximum atomic E-state index is 12.7. The number of nitrogens with zero attached hydrogens (tertiary/aromatic N) is 1. The molecule has 0 unspecified atom stereocenters. The van der Waals surface area contributed by atoms with Gasteiger partial charge in [0.1, 0.15) is 4.90 Å². The number of carbonyl (C=O) groups excluding carboxylic acids is 1. The number of carbonyl (C=O) groups is 1. The number of hydrogen-bond donors (Lipinski definition) is 3. The van der Waals surface area contributed by atoms with Crippen LogP contribution in [0.25, 0.3) is 0 Å². The molecule has 0 saturated carbocycles. The van der Waals surface area contributed by atoms with Crippen LogP contribution in [0.3, 0.4) is 0 Å². The molecule has 7 nitrogen and oxygen atoms in total. The van der Waals surface area contributed by atoms with Crippen LogP contribution in [0.4, 0.5) is 5.69 Å². The molecule has 2 aromatic carbocycles. The molecule has 0 aliphatic carbocycles. The first-order chi connectivity index (χ1) is 14.3. The van der Waals surface area contributed by atoms with E-state index in [4.69, 9.17) is 23.2 Å². The molecule has 0 spiro atoms. The third-order valence-electron chi connectivity index (χ3n) is 4.42. The average molecular weight is 467 g/mol. The van der Waals surface area contributed by atoms with Crippen LogP contribution in [-0.2, 0) is 16.4 Å². The predicted octanol–water partition coefficient (Wildman–Crippen LogP) is 4.19. The summed E-state index contributed by atoms with van der Waals surface area (Å²) in [5, 5.41) is 10.1.